The summed E-state index contributed by atoms with van der Waals surface area (Å²) < 4.78 is 5.82. The molecular formula is C20H42N4OS. The minimum atomic E-state index is 0.251. The Morgan fingerprint density at radius 1 is 1.12 bits per heavy atom. The zero-order valence-corrected chi connectivity index (χ0v) is 18.8. The van der Waals surface area contributed by atoms with Crippen molar-refractivity contribution in [2.24, 2.45) is 4.99 Å². The van der Waals surface area contributed by atoms with Crippen LogP contribution in [0.4, 0.5) is 0 Å². The van der Waals surface area contributed by atoms with Crippen molar-refractivity contribution in [3.8, 4) is 0 Å². The second kappa shape index (κ2) is 12.8. The van der Waals surface area contributed by atoms with E-state index >= 15 is 0 Å². The van der Waals surface area contributed by atoms with E-state index in [2.05, 4.69) is 57.1 Å². The Balaban J connectivity index is 2.52. The quantitative estimate of drug-likeness (QED) is 0.324. The zero-order valence-electron chi connectivity index (χ0n) is 17.9. The number of hydrogen-bond acceptors (Lipinski definition) is 4. The molecule has 1 aliphatic heterocycles. The molecule has 0 aromatic carbocycles. The van der Waals surface area contributed by atoms with E-state index in [1.54, 1.807) is 0 Å². The van der Waals surface area contributed by atoms with Crippen molar-refractivity contribution in [1.29, 1.82) is 0 Å². The van der Waals surface area contributed by atoms with E-state index < -0.39 is 0 Å². The Morgan fingerprint density at radius 3 is 2.31 bits per heavy atom. The fraction of sp³-hybridized carbons (Fsp3) is 0.950. The van der Waals surface area contributed by atoms with Crippen molar-refractivity contribution in [3.63, 3.8) is 0 Å². The Bertz CT molecular complexity index is 382. The maximum Gasteiger partial charge on any atom is 0.191 e. The van der Waals surface area contributed by atoms with Crippen LogP contribution < -0.4 is 10.6 Å². The summed E-state index contributed by atoms with van der Waals surface area (Å²) in [5.41, 5.74) is 0. The molecule has 5 nitrogen and oxygen atoms in total. The molecule has 0 bridgehead atoms. The summed E-state index contributed by atoms with van der Waals surface area (Å²) in [4.78, 5) is 7.46. The molecule has 1 fully saturated rings. The van der Waals surface area contributed by atoms with Crippen molar-refractivity contribution < 1.29 is 4.74 Å². The minimum absolute atomic E-state index is 0.251. The van der Waals surface area contributed by atoms with Crippen molar-refractivity contribution in [2.45, 2.75) is 77.6 Å². The molecule has 0 unspecified atom stereocenters. The van der Waals surface area contributed by atoms with Gasteiger partial charge in [-0.3, -0.25) is 9.89 Å². The molecule has 154 valence electrons. The first-order chi connectivity index (χ1) is 12.4. The number of ether oxygens (including phenoxy) is 1. The molecule has 0 atom stereocenters. The highest BCUT2D eigenvalue weighted by atomic mass is 32.2. The first kappa shape index (κ1) is 23.6. The number of rotatable bonds is 11. The van der Waals surface area contributed by atoms with E-state index in [0.717, 1.165) is 70.4 Å². The van der Waals surface area contributed by atoms with Gasteiger partial charge >= 0.3 is 0 Å². The Labute approximate surface area is 166 Å². The smallest absolute Gasteiger partial charge is 0.191 e. The molecule has 0 spiro atoms. The number of aliphatic imine (C=N–C) groups is 1. The van der Waals surface area contributed by atoms with Gasteiger partial charge in [-0.2, -0.15) is 11.8 Å². The van der Waals surface area contributed by atoms with E-state index in [-0.39, 0.29) is 4.75 Å². The molecule has 1 aliphatic rings. The van der Waals surface area contributed by atoms with Gasteiger partial charge in [0.25, 0.3) is 0 Å². The lowest BCUT2D eigenvalue weighted by molar-refractivity contribution is 0.0793. The van der Waals surface area contributed by atoms with Gasteiger partial charge in [-0.25, -0.2) is 0 Å². The first-order valence-electron chi connectivity index (χ1n) is 10.4. The summed E-state index contributed by atoms with van der Waals surface area (Å²) >= 11 is 2.05. The van der Waals surface area contributed by atoms with E-state index in [4.69, 9.17) is 9.73 Å². The summed E-state index contributed by atoms with van der Waals surface area (Å²) in [6.45, 7) is 19.0. The molecule has 0 radical (unpaired) electrons. The van der Waals surface area contributed by atoms with Crippen LogP contribution in [-0.2, 0) is 4.74 Å². The summed E-state index contributed by atoms with van der Waals surface area (Å²) in [5.74, 6) is 2.09. The van der Waals surface area contributed by atoms with Crippen molar-refractivity contribution in [3.05, 3.63) is 0 Å². The van der Waals surface area contributed by atoms with Gasteiger partial charge in [0, 0.05) is 49.7 Å². The van der Waals surface area contributed by atoms with Gasteiger partial charge < -0.3 is 15.4 Å². The van der Waals surface area contributed by atoms with Crippen LogP contribution in [0.3, 0.4) is 0 Å². The van der Waals surface area contributed by atoms with Gasteiger partial charge in [-0.1, -0.05) is 6.92 Å². The second-order valence-corrected chi connectivity index (χ2v) is 9.36. The molecule has 26 heavy (non-hydrogen) atoms. The third kappa shape index (κ3) is 8.49. The zero-order chi connectivity index (χ0) is 19.4. The maximum absolute atomic E-state index is 5.57. The monoisotopic (exact) mass is 386 g/mol. The molecule has 1 heterocycles. The largest absolute Gasteiger partial charge is 0.381 e. The topological polar surface area (TPSA) is 48.9 Å². The molecule has 1 rings (SSSR count). The predicted molar refractivity (Wildman–Crippen MR) is 116 cm³/mol. The van der Waals surface area contributed by atoms with Crippen molar-refractivity contribution in [1.82, 2.24) is 15.5 Å². The van der Waals surface area contributed by atoms with Crippen LogP contribution >= 0.6 is 11.8 Å². The number of guanidine groups is 1. The maximum atomic E-state index is 5.57. The van der Waals surface area contributed by atoms with Gasteiger partial charge in [0.2, 0.25) is 0 Å². The number of nitrogens with one attached hydrogen (secondary N) is 2. The summed E-state index contributed by atoms with van der Waals surface area (Å²) in [7, 11) is 0. The Kier molecular flexibility index (Phi) is 11.6. The molecule has 6 heteroatoms. The average molecular weight is 387 g/mol. The molecule has 0 amide bonds. The van der Waals surface area contributed by atoms with Crippen LogP contribution in [0, 0.1) is 0 Å². The lowest BCUT2D eigenvalue weighted by Crippen LogP contribution is -2.43. The normalized spacial score (nSPS) is 18.0. The lowest BCUT2D eigenvalue weighted by Gasteiger charge is -2.35. The fourth-order valence-electron chi connectivity index (χ4n) is 3.54. The SMILES string of the molecule is CCNC(=NCC1(SCC)CCOCC1)NCCCN(C(C)C)C(C)C. The predicted octanol–water partition coefficient (Wildman–Crippen LogP) is 3.35. The minimum Gasteiger partial charge on any atom is -0.381 e. The van der Waals surface area contributed by atoms with Gasteiger partial charge in [-0.05, 0) is 59.6 Å². The van der Waals surface area contributed by atoms with E-state index in [0.29, 0.717) is 12.1 Å². The second-order valence-electron chi connectivity index (χ2n) is 7.63. The van der Waals surface area contributed by atoms with Gasteiger partial charge in [-0.15, -0.1) is 0 Å². The Morgan fingerprint density at radius 2 is 1.77 bits per heavy atom. The standard InChI is InChI=1S/C20H42N4OS/c1-7-21-19(22-12-9-13-24(17(3)4)18(5)6)23-16-20(26-8-2)10-14-25-15-11-20/h17-18H,7-16H2,1-6H3,(H2,21,22,23). The summed E-state index contributed by atoms with van der Waals surface area (Å²) in [5, 5.41) is 6.92. The van der Waals surface area contributed by atoms with Crippen LogP contribution in [-0.4, -0.2) is 72.8 Å². The summed E-state index contributed by atoms with van der Waals surface area (Å²) in [6, 6.07) is 1.19. The molecule has 0 saturated carbocycles. The highest BCUT2D eigenvalue weighted by Crippen LogP contribution is 2.35. The van der Waals surface area contributed by atoms with Gasteiger partial charge in [0.05, 0.1) is 6.54 Å². The van der Waals surface area contributed by atoms with Crippen LogP contribution in [0.15, 0.2) is 4.99 Å². The average Bonchev–Trinajstić information content (AvgIpc) is 2.60. The highest BCUT2D eigenvalue weighted by molar-refractivity contribution is 8.00. The Hall–Kier alpha value is -0.460. The van der Waals surface area contributed by atoms with Crippen molar-refractivity contribution in [2.75, 3.05) is 45.1 Å². The molecule has 2 N–H and O–H groups in total. The number of hydrogen-bond donors (Lipinski definition) is 2. The van der Waals surface area contributed by atoms with E-state index in [9.17, 15) is 0 Å². The van der Waals surface area contributed by atoms with Crippen LogP contribution in [0.25, 0.3) is 0 Å². The van der Waals surface area contributed by atoms with Crippen LogP contribution in [0.5, 0.6) is 0 Å². The van der Waals surface area contributed by atoms with Gasteiger partial charge in [0.15, 0.2) is 5.96 Å². The highest BCUT2D eigenvalue weighted by Gasteiger charge is 2.32. The first-order valence-corrected chi connectivity index (χ1v) is 11.4. The van der Waals surface area contributed by atoms with E-state index in [1.165, 1.54) is 0 Å². The third-order valence-corrected chi connectivity index (χ3v) is 6.37. The van der Waals surface area contributed by atoms with Crippen LogP contribution in [0.2, 0.25) is 0 Å². The van der Waals surface area contributed by atoms with E-state index in [1.807, 2.05) is 11.8 Å². The molecule has 0 aliphatic carbocycles. The van der Waals surface area contributed by atoms with Crippen LogP contribution in [0.1, 0.15) is 60.8 Å². The summed E-state index contributed by atoms with van der Waals surface area (Å²) in [6.07, 6.45) is 3.34. The fourth-order valence-corrected chi connectivity index (χ4v) is 4.77. The molecule has 0 aromatic rings. The molecule has 1 saturated heterocycles. The number of nitrogens with zero attached hydrogens (tertiary/aromatic N) is 2. The lowest BCUT2D eigenvalue weighted by atomic mass is 9.99. The van der Waals surface area contributed by atoms with Gasteiger partial charge in [0.1, 0.15) is 0 Å². The number of thioether (sulfide) groups is 1. The molecular weight excluding hydrogens is 344 g/mol. The van der Waals surface area contributed by atoms with Crippen molar-refractivity contribution >= 4 is 17.7 Å². The molecule has 0 aromatic heterocycles. The third-order valence-electron chi connectivity index (χ3n) is 4.94.